The fraction of sp³-hybridized carbons (Fsp3) is 0.296. The molecule has 4 nitrogen and oxygen atoms in total. The van der Waals surface area contributed by atoms with Gasteiger partial charge in [-0.1, -0.05) is 55.5 Å². The Morgan fingerprint density at radius 3 is 2.61 bits per heavy atom. The van der Waals surface area contributed by atoms with Gasteiger partial charge in [0.2, 0.25) is 0 Å². The summed E-state index contributed by atoms with van der Waals surface area (Å²) in [5.41, 5.74) is 5.76. The highest BCUT2D eigenvalue weighted by Crippen LogP contribution is 2.36. The van der Waals surface area contributed by atoms with E-state index in [0.717, 1.165) is 41.4 Å². The molecule has 0 aliphatic carbocycles. The van der Waals surface area contributed by atoms with Gasteiger partial charge in [-0.05, 0) is 65.8 Å². The molecule has 31 heavy (non-hydrogen) atoms. The van der Waals surface area contributed by atoms with E-state index in [-0.39, 0.29) is 19.8 Å². The van der Waals surface area contributed by atoms with Crippen molar-refractivity contribution in [3.8, 4) is 16.9 Å². The molecule has 0 atom stereocenters. The van der Waals surface area contributed by atoms with Crippen molar-refractivity contribution >= 4 is 16.7 Å². The summed E-state index contributed by atoms with van der Waals surface area (Å²) in [6.07, 6.45) is 3.52. The number of hydrogen-bond acceptors (Lipinski definition) is 4. The highest BCUT2D eigenvalue weighted by molar-refractivity contribution is 5.90. The zero-order valence-corrected chi connectivity index (χ0v) is 18.3. The standard InChI is InChI=1S/C27H30O4/c1-4-21-17-23-15-19(3)8-10-22(23)18-25(21)24-11-9-20(7-6-12-28)16-26(24)30-13-14-31-27(29)5-2/h5,8-11,15-18,28H,2,4,6-7,12-14H2,1,3H3. The topological polar surface area (TPSA) is 55.8 Å². The number of aliphatic hydroxyl groups excluding tert-OH is 1. The molecule has 0 amide bonds. The molecule has 0 aliphatic rings. The van der Waals surface area contributed by atoms with Gasteiger partial charge >= 0.3 is 5.97 Å². The summed E-state index contributed by atoms with van der Waals surface area (Å²) in [6, 6.07) is 17.2. The fourth-order valence-electron chi connectivity index (χ4n) is 3.71. The monoisotopic (exact) mass is 418 g/mol. The second kappa shape index (κ2) is 10.8. The van der Waals surface area contributed by atoms with Gasteiger partial charge in [-0.25, -0.2) is 4.79 Å². The van der Waals surface area contributed by atoms with Crippen molar-refractivity contribution in [3.05, 3.63) is 77.9 Å². The predicted molar refractivity (Wildman–Crippen MR) is 126 cm³/mol. The minimum atomic E-state index is -0.460. The number of carbonyl (C=O) groups excluding carboxylic acids is 1. The molecule has 1 N–H and O–H groups in total. The number of hydrogen-bond donors (Lipinski definition) is 1. The molecule has 0 heterocycles. The average molecular weight is 419 g/mol. The van der Waals surface area contributed by atoms with Crippen LogP contribution in [0.1, 0.15) is 30.0 Å². The minimum absolute atomic E-state index is 0.152. The van der Waals surface area contributed by atoms with Crippen LogP contribution in [-0.4, -0.2) is 30.9 Å². The summed E-state index contributed by atoms with van der Waals surface area (Å²) >= 11 is 0. The van der Waals surface area contributed by atoms with Gasteiger partial charge in [0.05, 0.1) is 0 Å². The second-order valence-electron chi connectivity index (χ2n) is 7.59. The van der Waals surface area contributed by atoms with Crippen LogP contribution in [0.3, 0.4) is 0 Å². The molecule has 0 radical (unpaired) electrons. The van der Waals surface area contributed by atoms with Crippen LogP contribution >= 0.6 is 0 Å². The Hall–Kier alpha value is -3.11. The summed E-state index contributed by atoms with van der Waals surface area (Å²) in [6.45, 7) is 8.23. The van der Waals surface area contributed by atoms with Crippen molar-refractivity contribution in [2.75, 3.05) is 19.8 Å². The summed E-state index contributed by atoms with van der Waals surface area (Å²) in [4.78, 5) is 11.3. The number of fused-ring (bicyclic) bond motifs is 1. The molecule has 0 aliphatic heterocycles. The summed E-state index contributed by atoms with van der Waals surface area (Å²) in [7, 11) is 0. The van der Waals surface area contributed by atoms with E-state index in [9.17, 15) is 9.90 Å². The molecule has 4 heteroatoms. The van der Waals surface area contributed by atoms with E-state index in [2.05, 4.69) is 62.9 Å². The first-order chi connectivity index (χ1) is 15.0. The van der Waals surface area contributed by atoms with Crippen LogP contribution in [0.25, 0.3) is 21.9 Å². The maximum absolute atomic E-state index is 11.3. The number of ether oxygens (including phenoxy) is 2. The maximum atomic E-state index is 11.3. The fourth-order valence-corrected chi connectivity index (χ4v) is 3.71. The lowest BCUT2D eigenvalue weighted by Crippen LogP contribution is -2.11. The zero-order valence-electron chi connectivity index (χ0n) is 18.3. The van der Waals surface area contributed by atoms with Crippen molar-refractivity contribution in [2.24, 2.45) is 0 Å². The van der Waals surface area contributed by atoms with E-state index in [0.29, 0.717) is 6.42 Å². The zero-order chi connectivity index (χ0) is 22.2. The van der Waals surface area contributed by atoms with Crippen LogP contribution in [0, 0.1) is 6.92 Å². The molecule has 0 saturated carbocycles. The Bertz CT molecular complexity index is 1070. The molecule has 3 aromatic rings. The molecule has 162 valence electrons. The molecule has 0 unspecified atom stereocenters. The minimum Gasteiger partial charge on any atom is -0.489 e. The number of aliphatic hydroxyl groups is 1. The first-order valence-electron chi connectivity index (χ1n) is 10.7. The Morgan fingerprint density at radius 1 is 1.03 bits per heavy atom. The van der Waals surface area contributed by atoms with Gasteiger partial charge in [-0.2, -0.15) is 0 Å². The van der Waals surface area contributed by atoms with Gasteiger partial charge in [0.1, 0.15) is 19.0 Å². The van der Waals surface area contributed by atoms with Gasteiger partial charge in [-0.3, -0.25) is 0 Å². The van der Waals surface area contributed by atoms with Gasteiger partial charge in [-0.15, -0.1) is 0 Å². The van der Waals surface area contributed by atoms with Crippen molar-refractivity contribution in [3.63, 3.8) is 0 Å². The van der Waals surface area contributed by atoms with E-state index in [1.54, 1.807) is 0 Å². The number of benzene rings is 3. The van der Waals surface area contributed by atoms with Crippen LogP contribution in [0.2, 0.25) is 0 Å². The first-order valence-corrected chi connectivity index (χ1v) is 10.7. The average Bonchev–Trinajstić information content (AvgIpc) is 2.79. The number of rotatable bonds is 10. The lowest BCUT2D eigenvalue weighted by molar-refractivity contribution is -0.138. The van der Waals surface area contributed by atoms with Crippen LogP contribution in [-0.2, 0) is 22.4 Å². The maximum Gasteiger partial charge on any atom is 0.330 e. The molecule has 0 bridgehead atoms. The largest absolute Gasteiger partial charge is 0.489 e. The quantitative estimate of drug-likeness (QED) is 0.272. The van der Waals surface area contributed by atoms with Crippen LogP contribution < -0.4 is 4.74 Å². The Kier molecular flexibility index (Phi) is 7.85. The molecule has 0 fully saturated rings. The third kappa shape index (κ3) is 5.74. The smallest absolute Gasteiger partial charge is 0.330 e. The molecule has 0 saturated heterocycles. The highest BCUT2D eigenvalue weighted by atomic mass is 16.6. The number of esters is 1. The van der Waals surface area contributed by atoms with Gasteiger partial charge in [0.25, 0.3) is 0 Å². The van der Waals surface area contributed by atoms with E-state index in [4.69, 9.17) is 9.47 Å². The Labute approximate surface area is 184 Å². The van der Waals surface area contributed by atoms with Crippen molar-refractivity contribution < 1.29 is 19.4 Å². The third-order valence-corrected chi connectivity index (χ3v) is 5.31. The number of carbonyl (C=O) groups is 1. The van der Waals surface area contributed by atoms with Gasteiger partial charge in [0, 0.05) is 18.2 Å². The van der Waals surface area contributed by atoms with Gasteiger partial charge in [0.15, 0.2) is 0 Å². The van der Waals surface area contributed by atoms with Crippen LogP contribution in [0.4, 0.5) is 0 Å². The number of aryl methyl sites for hydroxylation is 3. The van der Waals surface area contributed by atoms with E-state index in [1.165, 1.54) is 21.9 Å². The van der Waals surface area contributed by atoms with E-state index in [1.807, 2.05) is 6.07 Å². The Morgan fingerprint density at radius 2 is 1.87 bits per heavy atom. The predicted octanol–water partition coefficient (Wildman–Crippen LogP) is 5.41. The summed E-state index contributed by atoms with van der Waals surface area (Å²) in [5, 5.41) is 11.6. The summed E-state index contributed by atoms with van der Waals surface area (Å²) in [5.74, 6) is 0.296. The van der Waals surface area contributed by atoms with E-state index >= 15 is 0 Å². The van der Waals surface area contributed by atoms with Gasteiger partial charge < -0.3 is 14.6 Å². The van der Waals surface area contributed by atoms with Crippen molar-refractivity contribution in [2.45, 2.75) is 33.1 Å². The highest BCUT2D eigenvalue weighted by Gasteiger charge is 2.13. The molecule has 3 aromatic carbocycles. The molecule has 3 rings (SSSR count). The third-order valence-electron chi connectivity index (χ3n) is 5.31. The molecular weight excluding hydrogens is 388 g/mol. The normalized spacial score (nSPS) is 10.8. The van der Waals surface area contributed by atoms with Crippen LogP contribution in [0.5, 0.6) is 5.75 Å². The Balaban J connectivity index is 1.98. The first kappa shape index (κ1) is 22.6. The summed E-state index contributed by atoms with van der Waals surface area (Å²) < 4.78 is 11.1. The SMILES string of the molecule is C=CC(=O)OCCOc1cc(CCCO)ccc1-c1cc2ccc(C)cc2cc1CC. The van der Waals surface area contributed by atoms with E-state index < -0.39 is 5.97 Å². The lowest BCUT2D eigenvalue weighted by atomic mass is 9.92. The molecule has 0 spiro atoms. The molecular formula is C27H30O4. The van der Waals surface area contributed by atoms with Crippen molar-refractivity contribution in [1.29, 1.82) is 0 Å². The van der Waals surface area contributed by atoms with Crippen LogP contribution in [0.15, 0.2) is 61.2 Å². The lowest BCUT2D eigenvalue weighted by Gasteiger charge is -2.17. The molecule has 0 aromatic heterocycles. The van der Waals surface area contributed by atoms with Crippen molar-refractivity contribution in [1.82, 2.24) is 0 Å². The second-order valence-corrected chi connectivity index (χ2v) is 7.59.